The number of ether oxygens (including phenoxy) is 2. The summed E-state index contributed by atoms with van der Waals surface area (Å²) in [5.74, 6) is 1.30. The highest BCUT2D eigenvalue weighted by molar-refractivity contribution is 5.32. The molecule has 1 atom stereocenters. The van der Waals surface area contributed by atoms with Crippen LogP contribution in [0.1, 0.15) is 0 Å². The minimum atomic E-state index is 0.198. The summed E-state index contributed by atoms with van der Waals surface area (Å²) in [4.78, 5) is 12.9. The van der Waals surface area contributed by atoms with E-state index in [1.807, 2.05) is 14.1 Å². The molecule has 0 radical (unpaired) electrons. The fraction of sp³-hybridized carbons (Fsp3) is 0.667. The lowest BCUT2D eigenvalue weighted by Gasteiger charge is -2.34. The lowest BCUT2D eigenvalue weighted by molar-refractivity contribution is 0.0242. The maximum Gasteiger partial charge on any atom is 0.228 e. The number of nitrogens with zero attached hydrogens (tertiary/aromatic N) is 4. The van der Waals surface area contributed by atoms with Gasteiger partial charge >= 0.3 is 0 Å². The fourth-order valence-corrected chi connectivity index (χ4v) is 2.02. The molecule has 6 nitrogen and oxygen atoms in total. The van der Waals surface area contributed by atoms with Crippen LogP contribution in [-0.2, 0) is 4.74 Å². The smallest absolute Gasteiger partial charge is 0.228 e. The number of likely N-dealkylation sites (N-methyl/N-ethyl adjacent to an activating group) is 1. The zero-order valence-corrected chi connectivity index (χ0v) is 11.2. The van der Waals surface area contributed by atoms with E-state index in [0.29, 0.717) is 18.4 Å². The van der Waals surface area contributed by atoms with Crippen molar-refractivity contribution < 1.29 is 9.47 Å². The van der Waals surface area contributed by atoms with E-state index in [0.717, 1.165) is 19.6 Å². The van der Waals surface area contributed by atoms with Crippen LogP contribution >= 0.6 is 0 Å². The first kappa shape index (κ1) is 13.0. The molecule has 100 valence electrons. The van der Waals surface area contributed by atoms with Crippen molar-refractivity contribution in [3.05, 3.63) is 12.3 Å². The lowest BCUT2D eigenvalue weighted by Crippen LogP contribution is -2.47. The molecular weight excluding hydrogens is 232 g/mol. The summed E-state index contributed by atoms with van der Waals surface area (Å²) >= 11 is 0. The monoisotopic (exact) mass is 252 g/mol. The van der Waals surface area contributed by atoms with Gasteiger partial charge in [-0.05, 0) is 14.1 Å². The van der Waals surface area contributed by atoms with Crippen molar-refractivity contribution in [3.63, 3.8) is 0 Å². The minimum Gasteiger partial charge on any atom is -0.481 e. The molecule has 1 fully saturated rings. The quantitative estimate of drug-likeness (QED) is 0.766. The molecule has 1 aliphatic rings. The highest BCUT2D eigenvalue weighted by Gasteiger charge is 2.22. The van der Waals surface area contributed by atoms with Gasteiger partial charge in [0.2, 0.25) is 11.8 Å². The molecule has 0 amide bonds. The van der Waals surface area contributed by atoms with Gasteiger partial charge in [0.05, 0.1) is 19.8 Å². The zero-order valence-electron chi connectivity index (χ0n) is 11.2. The molecule has 1 aromatic rings. The van der Waals surface area contributed by atoms with Crippen molar-refractivity contribution >= 4 is 5.95 Å². The number of anilines is 1. The Bertz CT molecular complexity index is 386. The summed E-state index contributed by atoms with van der Waals surface area (Å²) in [6.45, 7) is 3.24. The summed E-state index contributed by atoms with van der Waals surface area (Å²) in [5.41, 5.74) is 0. The van der Waals surface area contributed by atoms with Gasteiger partial charge in [0.15, 0.2) is 0 Å². The molecule has 0 bridgehead atoms. The van der Waals surface area contributed by atoms with Gasteiger partial charge in [-0.3, -0.25) is 0 Å². The van der Waals surface area contributed by atoms with Gasteiger partial charge in [-0.15, -0.1) is 0 Å². The molecule has 18 heavy (non-hydrogen) atoms. The molecule has 2 heterocycles. The second-order valence-corrected chi connectivity index (χ2v) is 4.60. The molecule has 1 unspecified atom stereocenters. The van der Waals surface area contributed by atoms with Crippen molar-refractivity contribution in [2.24, 2.45) is 0 Å². The van der Waals surface area contributed by atoms with Gasteiger partial charge in [0.1, 0.15) is 0 Å². The highest BCUT2D eigenvalue weighted by atomic mass is 16.5. The lowest BCUT2D eigenvalue weighted by atomic mass is 10.2. The molecule has 1 aliphatic heterocycles. The number of methoxy groups -OCH3 is 1. The normalized spacial score (nSPS) is 20.2. The van der Waals surface area contributed by atoms with E-state index in [1.54, 1.807) is 19.4 Å². The summed E-state index contributed by atoms with van der Waals surface area (Å²) in [6, 6.07) is 1.75. The van der Waals surface area contributed by atoms with Crippen LogP contribution in [0.4, 0.5) is 5.95 Å². The van der Waals surface area contributed by atoms with Gasteiger partial charge < -0.3 is 19.3 Å². The average Bonchev–Trinajstić information content (AvgIpc) is 2.38. The maximum absolute atomic E-state index is 5.73. The first-order chi connectivity index (χ1) is 8.69. The first-order valence-electron chi connectivity index (χ1n) is 6.07. The van der Waals surface area contributed by atoms with Crippen LogP contribution in [-0.4, -0.2) is 68.4 Å². The van der Waals surface area contributed by atoms with Crippen molar-refractivity contribution in [2.45, 2.75) is 6.10 Å². The molecule has 0 N–H and O–H groups in total. The van der Waals surface area contributed by atoms with E-state index in [1.165, 1.54) is 0 Å². The third-order valence-electron chi connectivity index (χ3n) is 2.82. The predicted octanol–water partition coefficient (Wildman–Crippen LogP) is 0.252. The Morgan fingerprint density at radius 2 is 2.39 bits per heavy atom. The van der Waals surface area contributed by atoms with Crippen LogP contribution in [0.2, 0.25) is 0 Å². The Labute approximate surface area is 108 Å². The number of morpholine rings is 1. The van der Waals surface area contributed by atoms with Crippen LogP contribution in [0.3, 0.4) is 0 Å². The summed E-state index contributed by atoms with van der Waals surface area (Å²) in [6.07, 6.45) is 1.92. The molecule has 1 aromatic heterocycles. The van der Waals surface area contributed by atoms with Crippen molar-refractivity contribution in [2.75, 3.05) is 52.3 Å². The van der Waals surface area contributed by atoms with E-state index < -0.39 is 0 Å². The van der Waals surface area contributed by atoms with Crippen LogP contribution < -0.4 is 9.64 Å². The molecule has 0 aliphatic carbocycles. The molecule has 0 saturated carbocycles. The Hall–Kier alpha value is -1.40. The van der Waals surface area contributed by atoms with Crippen LogP contribution in [0, 0.1) is 0 Å². The van der Waals surface area contributed by atoms with Crippen molar-refractivity contribution in [3.8, 4) is 5.88 Å². The molecule has 2 rings (SSSR count). The first-order valence-corrected chi connectivity index (χ1v) is 6.07. The maximum atomic E-state index is 5.73. The van der Waals surface area contributed by atoms with E-state index in [9.17, 15) is 0 Å². The van der Waals surface area contributed by atoms with Gasteiger partial charge in [0, 0.05) is 31.9 Å². The molecule has 0 spiro atoms. The van der Waals surface area contributed by atoms with Gasteiger partial charge in [-0.2, -0.15) is 4.98 Å². The minimum absolute atomic E-state index is 0.198. The zero-order chi connectivity index (χ0) is 13.0. The van der Waals surface area contributed by atoms with Gasteiger partial charge in [0.25, 0.3) is 0 Å². The fourth-order valence-electron chi connectivity index (χ4n) is 2.02. The Balaban J connectivity index is 2.03. The van der Waals surface area contributed by atoms with E-state index in [-0.39, 0.29) is 6.10 Å². The molecule has 1 saturated heterocycles. The second-order valence-electron chi connectivity index (χ2n) is 4.60. The highest BCUT2D eigenvalue weighted by Crippen LogP contribution is 2.15. The topological polar surface area (TPSA) is 50.7 Å². The Morgan fingerprint density at radius 3 is 3.11 bits per heavy atom. The van der Waals surface area contributed by atoms with Gasteiger partial charge in [-0.1, -0.05) is 0 Å². The average molecular weight is 252 g/mol. The second kappa shape index (κ2) is 5.97. The SMILES string of the molecule is COc1ccnc(N2CCOC(CN(C)C)C2)n1. The van der Waals surface area contributed by atoms with Crippen LogP contribution in [0.25, 0.3) is 0 Å². The molecule has 0 aromatic carbocycles. The third-order valence-corrected chi connectivity index (χ3v) is 2.82. The summed E-state index contributed by atoms with van der Waals surface area (Å²) in [5, 5.41) is 0. The Morgan fingerprint density at radius 1 is 1.56 bits per heavy atom. The van der Waals surface area contributed by atoms with E-state index in [2.05, 4.69) is 19.8 Å². The number of hydrogen-bond acceptors (Lipinski definition) is 6. The number of aromatic nitrogens is 2. The number of rotatable bonds is 4. The summed E-state index contributed by atoms with van der Waals surface area (Å²) < 4.78 is 10.8. The van der Waals surface area contributed by atoms with E-state index in [4.69, 9.17) is 9.47 Å². The van der Waals surface area contributed by atoms with Crippen LogP contribution in [0.15, 0.2) is 12.3 Å². The van der Waals surface area contributed by atoms with Gasteiger partial charge in [-0.25, -0.2) is 4.98 Å². The van der Waals surface area contributed by atoms with E-state index >= 15 is 0 Å². The Kier molecular flexibility index (Phi) is 4.33. The van der Waals surface area contributed by atoms with Crippen molar-refractivity contribution in [1.29, 1.82) is 0 Å². The summed E-state index contributed by atoms with van der Waals surface area (Å²) in [7, 11) is 5.70. The standard InChI is InChI=1S/C12H20N4O2/c1-15(2)8-10-9-16(6-7-18-10)12-13-5-4-11(14-12)17-3/h4-5,10H,6-9H2,1-3H3. The van der Waals surface area contributed by atoms with Crippen molar-refractivity contribution in [1.82, 2.24) is 14.9 Å². The predicted molar refractivity (Wildman–Crippen MR) is 69.1 cm³/mol. The largest absolute Gasteiger partial charge is 0.481 e. The van der Waals surface area contributed by atoms with Crippen LogP contribution in [0.5, 0.6) is 5.88 Å². The molecular formula is C12H20N4O2. The number of hydrogen-bond donors (Lipinski definition) is 0. The molecule has 6 heteroatoms. The third kappa shape index (κ3) is 3.30.